The zero-order valence-electron chi connectivity index (χ0n) is 18.0. The van der Waals surface area contributed by atoms with E-state index in [0.29, 0.717) is 11.3 Å². The molecule has 7 nitrogen and oxygen atoms in total. The van der Waals surface area contributed by atoms with Crippen molar-refractivity contribution in [1.82, 2.24) is 0 Å². The largest absolute Gasteiger partial charge is 0.462 e. The van der Waals surface area contributed by atoms with Crippen molar-refractivity contribution in [3.8, 4) is 0 Å². The second-order valence-electron chi connectivity index (χ2n) is 8.18. The van der Waals surface area contributed by atoms with E-state index in [0.717, 1.165) is 49.7 Å². The molecule has 1 aromatic heterocycles. The lowest BCUT2D eigenvalue weighted by Crippen LogP contribution is -2.34. The van der Waals surface area contributed by atoms with Crippen LogP contribution in [0.4, 0.5) is 11.4 Å². The van der Waals surface area contributed by atoms with Gasteiger partial charge in [-0.1, -0.05) is 12.1 Å². The van der Waals surface area contributed by atoms with Crippen LogP contribution in [0.5, 0.6) is 0 Å². The minimum atomic E-state index is -0.507. The van der Waals surface area contributed by atoms with Crippen LogP contribution in [0.25, 0.3) is 11.0 Å². The molecule has 7 heteroatoms. The van der Waals surface area contributed by atoms with Crippen LogP contribution < -0.4 is 15.8 Å². The molecule has 0 fully saturated rings. The van der Waals surface area contributed by atoms with Crippen molar-refractivity contribution in [1.29, 1.82) is 5.41 Å². The predicted molar refractivity (Wildman–Crippen MR) is 121 cm³/mol. The molecule has 2 aliphatic heterocycles. The zero-order chi connectivity index (χ0) is 22.2. The van der Waals surface area contributed by atoms with E-state index >= 15 is 0 Å². The number of amides is 1. The van der Waals surface area contributed by atoms with Gasteiger partial charge in [-0.15, -0.1) is 0 Å². The predicted octanol–water partition coefficient (Wildman–Crippen LogP) is 4.04. The van der Waals surface area contributed by atoms with Crippen molar-refractivity contribution in [2.75, 3.05) is 29.9 Å². The van der Waals surface area contributed by atoms with Gasteiger partial charge in [0, 0.05) is 29.7 Å². The molecule has 3 aromatic rings. The van der Waals surface area contributed by atoms with Gasteiger partial charge in [-0.2, -0.15) is 0 Å². The average Bonchev–Trinajstić information content (AvgIpc) is 2.80. The molecule has 0 saturated carbocycles. The number of anilines is 2. The third kappa shape index (κ3) is 3.43. The number of carbonyl (C=O) groups is 2. The van der Waals surface area contributed by atoms with Gasteiger partial charge in [-0.05, 0) is 62.4 Å². The van der Waals surface area contributed by atoms with Gasteiger partial charge in [0.2, 0.25) is 5.55 Å². The molecular weight excluding hydrogens is 406 g/mol. The second kappa shape index (κ2) is 8.15. The summed E-state index contributed by atoms with van der Waals surface area (Å²) in [5.74, 6) is -1.00. The van der Waals surface area contributed by atoms with E-state index in [1.165, 1.54) is 11.3 Å². The summed E-state index contributed by atoms with van der Waals surface area (Å²) in [5, 5.41) is 12.0. The number of aryl methyl sites for hydroxylation is 2. The Morgan fingerprint density at radius 1 is 1.12 bits per heavy atom. The van der Waals surface area contributed by atoms with E-state index < -0.39 is 11.9 Å². The normalized spacial score (nSPS) is 14.7. The molecule has 0 bridgehead atoms. The highest BCUT2D eigenvalue weighted by atomic mass is 16.5. The molecule has 2 aliphatic rings. The molecule has 3 heterocycles. The van der Waals surface area contributed by atoms with Gasteiger partial charge in [-0.25, -0.2) is 4.79 Å². The zero-order valence-corrected chi connectivity index (χ0v) is 18.0. The lowest BCUT2D eigenvalue weighted by molar-refractivity contribution is 0.0527. The lowest BCUT2D eigenvalue weighted by Gasteiger charge is -2.37. The Bertz CT molecular complexity index is 1290. The highest BCUT2D eigenvalue weighted by Crippen LogP contribution is 2.39. The van der Waals surface area contributed by atoms with Crippen molar-refractivity contribution < 1.29 is 18.7 Å². The molecule has 5 rings (SSSR count). The van der Waals surface area contributed by atoms with E-state index in [1.807, 2.05) is 0 Å². The highest BCUT2D eigenvalue weighted by Gasteiger charge is 2.27. The van der Waals surface area contributed by atoms with Crippen LogP contribution in [0.15, 0.2) is 40.8 Å². The van der Waals surface area contributed by atoms with Gasteiger partial charge < -0.3 is 19.4 Å². The fourth-order valence-electron chi connectivity index (χ4n) is 4.80. The maximum atomic E-state index is 13.1. The monoisotopic (exact) mass is 431 g/mol. The van der Waals surface area contributed by atoms with Gasteiger partial charge >= 0.3 is 5.97 Å². The fraction of sp³-hybridized carbons (Fsp3) is 0.320. The maximum absolute atomic E-state index is 13.1. The first-order chi connectivity index (χ1) is 15.6. The molecule has 2 aromatic carbocycles. The summed E-state index contributed by atoms with van der Waals surface area (Å²) in [6, 6.07) is 10.5. The Balaban J connectivity index is 1.54. The minimum Gasteiger partial charge on any atom is -0.462 e. The third-order valence-corrected chi connectivity index (χ3v) is 6.17. The van der Waals surface area contributed by atoms with E-state index in [2.05, 4.69) is 16.3 Å². The fourth-order valence-corrected chi connectivity index (χ4v) is 4.80. The molecule has 164 valence electrons. The number of hydrogen-bond donors (Lipinski definition) is 2. The van der Waals surface area contributed by atoms with Crippen LogP contribution in [0.3, 0.4) is 0 Å². The van der Waals surface area contributed by atoms with Gasteiger partial charge in [0.25, 0.3) is 5.91 Å². The van der Waals surface area contributed by atoms with E-state index in [-0.39, 0.29) is 23.3 Å². The van der Waals surface area contributed by atoms with Gasteiger partial charge in [-0.3, -0.25) is 10.2 Å². The van der Waals surface area contributed by atoms with Crippen molar-refractivity contribution in [3.63, 3.8) is 0 Å². The maximum Gasteiger partial charge on any atom is 0.340 e. The van der Waals surface area contributed by atoms with Crippen LogP contribution in [0.2, 0.25) is 0 Å². The molecule has 0 atom stereocenters. The van der Waals surface area contributed by atoms with Crippen LogP contribution in [0, 0.1) is 5.41 Å². The molecule has 2 N–H and O–H groups in total. The summed E-state index contributed by atoms with van der Waals surface area (Å²) in [6.45, 7) is 4.08. The van der Waals surface area contributed by atoms with E-state index in [4.69, 9.17) is 14.6 Å². The molecule has 0 unspecified atom stereocenters. The number of ether oxygens (including phenoxy) is 1. The van der Waals surface area contributed by atoms with Gasteiger partial charge in [0.1, 0.15) is 11.1 Å². The van der Waals surface area contributed by atoms with Crippen LogP contribution in [-0.2, 0) is 17.6 Å². The first kappa shape index (κ1) is 20.3. The number of benzene rings is 2. The number of nitrogens with zero attached hydrogens (tertiary/aromatic N) is 1. The first-order valence-corrected chi connectivity index (χ1v) is 11.1. The topological polar surface area (TPSA) is 95.6 Å². The van der Waals surface area contributed by atoms with E-state index in [1.54, 1.807) is 37.3 Å². The summed E-state index contributed by atoms with van der Waals surface area (Å²) in [5.41, 5.74) is 4.95. The number of fused-ring (bicyclic) bond motifs is 2. The third-order valence-electron chi connectivity index (χ3n) is 6.17. The quantitative estimate of drug-likeness (QED) is 0.608. The first-order valence-electron chi connectivity index (χ1n) is 11.1. The molecule has 1 amide bonds. The van der Waals surface area contributed by atoms with Crippen LogP contribution >= 0.6 is 0 Å². The van der Waals surface area contributed by atoms with Crippen molar-refractivity contribution >= 4 is 34.2 Å². The lowest BCUT2D eigenvalue weighted by atomic mass is 9.90. The molecule has 0 spiro atoms. The minimum absolute atomic E-state index is 0.131. The molecule has 0 aliphatic carbocycles. The summed E-state index contributed by atoms with van der Waals surface area (Å²) >= 11 is 0. The molecular formula is C25H25N3O4. The second-order valence-corrected chi connectivity index (χ2v) is 8.18. The Labute approximate surface area is 185 Å². The SMILES string of the molecule is CCOC(=O)c1ccccc1NC(=O)c1cc2cc3c4c(c2oc1=N)CCCN4CCC3. The van der Waals surface area contributed by atoms with E-state index in [9.17, 15) is 9.59 Å². The Morgan fingerprint density at radius 3 is 2.72 bits per heavy atom. The smallest absolute Gasteiger partial charge is 0.340 e. The Hall–Kier alpha value is -3.61. The number of esters is 1. The number of carbonyl (C=O) groups excluding carboxylic acids is 2. The van der Waals surface area contributed by atoms with Crippen molar-refractivity contribution in [2.45, 2.75) is 32.6 Å². The Kier molecular flexibility index (Phi) is 5.17. The number of rotatable bonds is 4. The van der Waals surface area contributed by atoms with Gasteiger partial charge in [0.05, 0.1) is 17.9 Å². The van der Waals surface area contributed by atoms with Crippen LogP contribution in [0.1, 0.15) is 51.6 Å². The Morgan fingerprint density at radius 2 is 1.91 bits per heavy atom. The van der Waals surface area contributed by atoms with Crippen molar-refractivity contribution in [2.24, 2.45) is 0 Å². The average molecular weight is 431 g/mol. The number of hydrogen-bond acceptors (Lipinski definition) is 6. The molecule has 0 radical (unpaired) electrons. The summed E-state index contributed by atoms with van der Waals surface area (Å²) in [4.78, 5) is 27.7. The number of nitrogens with one attached hydrogen (secondary N) is 2. The number of para-hydroxylation sites is 1. The summed E-state index contributed by atoms with van der Waals surface area (Å²) < 4.78 is 11.0. The van der Waals surface area contributed by atoms with Crippen molar-refractivity contribution in [3.05, 3.63) is 64.2 Å². The molecule has 32 heavy (non-hydrogen) atoms. The summed E-state index contributed by atoms with van der Waals surface area (Å²) in [6.07, 6.45) is 4.09. The van der Waals surface area contributed by atoms with Gasteiger partial charge in [0.15, 0.2) is 0 Å². The van der Waals surface area contributed by atoms with Crippen LogP contribution in [-0.4, -0.2) is 31.6 Å². The standard InChI is InChI=1S/C25H25N3O4/c1-2-31-25(30)17-8-3-4-10-20(17)27-24(29)19-14-16-13-15-7-5-11-28-12-6-9-18(21(15)28)22(16)32-23(19)26/h3-4,8,10,13-14,26H,2,5-7,9,11-12H2,1H3,(H,27,29). The highest BCUT2D eigenvalue weighted by molar-refractivity contribution is 6.09. The molecule has 0 saturated heterocycles. The summed E-state index contributed by atoms with van der Waals surface area (Å²) in [7, 11) is 0.